The molecule has 0 saturated carbocycles. The van der Waals surface area contributed by atoms with E-state index >= 15 is 0 Å². The first kappa shape index (κ1) is 16.9. The molecule has 26 heavy (non-hydrogen) atoms. The lowest BCUT2D eigenvalue weighted by Crippen LogP contribution is -1.87. The molecule has 0 aliphatic heterocycles. The molecule has 0 saturated heterocycles. The lowest BCUT2D eigenvalue weighted by atomic mass is 9.93. The highest BCUT2D eigenvalue weighted by Crippen LogP contribution is 2.35. The molecule has 0 radical (unpaired) electrons. The summed E-state index contributed by atoms with van der Waals surface area (Å²) in [5.41, 5.74) is 6.23. The van der Waals surface area contributed by atoms with E-state index in [2.05, 4.69) is 88.7 Å². The molecule has 0 amide bonds. The monoisotopic (exact) mass is 402 g/mol. The summed E-state index contributed by atoms with van der Waals surface area (Å²) in [6, 6.07) is 30.1. The quantitative estimate of drug-likeness (QED) is 0.331. The summed E-state index contributed by atoms with van der Waals surface area (Å²) < 4.78 is 5.28. The van der Waals surface area contributed by atoms with Crippen molar-refractivity contribution in [3.8, 4) is 28.0 Å². The third-order valence-electron chi connectivity index (χ3n) is 4.74. The Bertz CT molecular complexity index is 947. The number of fused-ring (bicyclic) bond motifs is 1. The summed E-state index contributed by atoms with van der Waals surface area (Å²) >= 11 is 3.51. The van der Waals surface area contributed by atoms with E-state index in [1.807, 2.05) is 12.1 Å². The van der Waals surface area contributed by atoms with Crippen LogP contribution < -0.4 is 4.74 Å². The van der Waals surface area contributed by atoms with Gasteiger partial charge < -0.3 is 4.74 Å². The average Bonchev–Trinajstić information content (AvgIpc) is 2.73. The molecule has 0 atom stereocenters. The van der Waals surface area contributed by atoms with Crippen molar-refractivity contribution in [1.29, 1.82) is 0 Å². The number of hydrogen-bond donors (Lipinski definition) is 0. The molecule has 0 fully saturated rings. The molecule has 0 unspecified atom stereocenters. The highest BCUT2D eigenvalue weighted by atomic mass is 79.9. The van der Waals surface area contributed by atoms with Crippen LogP contribution in [0.5, 0.6) is 5.75 Å². The maximum Gasteiger partial charge on any atom is 0.118 e. The fraction of sp³-hybridized carbons (Fsp3) is 0.0833. The van der Waals surface area contributed by atoms with Gasteiger partial charge in [0.05, 0.1) is 7.11 Å². The first-order chi connectivity index (χ1) is 12.8. The minimum atomic E-state index is 0.876. The fourth-order valence-corrected chi connectivity index (χ4v) is 3.73. The van der Waals surface area contributed by atoms with E-state index < -0.39 is 0 Å². The number of hydrogen-bond acceptors (Lipinski definition) is 1. The maximum atomic E-state index is 5.28. The van der Waals surface area contributed by atoms with Gasteiger partial charge in [-0.1, -0.05) is 88.7 Å². The summed E-state index contributed by atoms with van der Waals surface area (Å²) in [6.07, 6.45) is 0. The van der Waals surface area contributed by atoms with Gasteiger partial charge in [0, 0.05) is 5.33 Å². The summed E-state index contributed by atoms with van der Waals surface area (Å²) in [5.74, 6) is 0.876. The van der Waals surface area contributed by atoms with Gasteiger partial charge in [0.15, 0.2) is 0 Å². The van der Waals surface area contributed by atoms with Crippen LogP contribution in [-0.2, 0) is 5.33 Å². The Labute approximate surface area is 162 Å². The average molecular weight is 403 g/mol. The number of methoxy groups -OCH3 is 1. The third kappa shape index (κ3) is 3.13. The normalized spacial score (nSPS) is 10.8. The largest absolute Gasteiger partial charge is 0.497 e. The van der Waals surface area contributed by atoms with Crippen LogP contribution in [0.1, 0.15) is 5.56 Å². The third-order valence-corrected chi connectivity index (χ3v) is 5.39. The summed E-state index contributed by atoms with van der Waals surface area (Å²) in [7, 11) is 1.69. The van der Waals surface area contributed by atoms with Crippen LogP contribution >= 0.6 is 15.9 Å². The number of ether oxygens (including phenoxy) is 1. The summed E-state index contributed by atoms with van der Waals surface area (Å²) in [5, 5.41) is 3.41. The first-order valence-corrected chi connectivity index (χ1v) is 9.74. The van der Waals surface area contributed by atoms with E-state index in [1.165, 1.54) is 38.6 Å². The Balaban J connectivity index is 1.86. The van der Waals surface area contributed by atoms with E-state index in [0.717, 1.165) is 11.1 Å². The van der Waals surface area contributed by atoms with Crippen molar-refractivity contribution in [1.82, 2.24) is 0 Å². The zero-order valence-electron chi connectivity index (χ0n) is 14.6. The molecule has 0 aliphatic rings. The van der Waals surface area contributed by atoms with Gasteiger partial charge >= 0.3 is 0 Å². The van der Waals surface area contributed by atoms with Gasteiger partial charge in [-0.15, -0.1) is 0 Å². The second kappa shape index (κ2) is 7.35. The van der Waals surface area contributed by atoms with Gasteiger partial charge in [-0.05, 0) is 50.7 Å². The van der Waals surface area contributed by atoms with Gasteiger partial charge in [0.1, 0.15) is 5.75 Å². The molecule has 2 heteroatoms. The van der Waals surface area contributed by atoms with Crippen molar-refractivity contribution in [2.24, 2.45) is 0 Å². The molecule has 0 aliphatic carbocycles. The second-order valence-electron chi connectivity index (χ2n) is 6.27. The Hall–Kier alpha value is -2.58. The predicted octanol–water partition coefficient (Wildman–Crippen LogP) is 7.08. The molecule has 0 spiro atoms. The molecular weight excluding hydrogens is 384 g/mol. The molecule has 0 aromatic heterocycles. The van der Waals surface area contributed by atoms with Gasteiger partial charge in [0.2, 0.25) is 0 Å². The molecule has 0 bridgehead atoms. The van der Waals surface area contributed by atoms with Crippen molar-refractivity contribution in [2.45, 2.75) is 5.33 Å². The van der Waals surface area contributed by atoms with Gasteiger partial charge in [-0.3, -0.25) is 0 Å². The Morgan fingerprint density at radius 2 is 1.15 bits per heavy atom. The van der Waals surface area contributed by atoms with Crippen LogP contribution in [0.2, 0.25) is 0 Å². The maximum absolute atomic E-state index is 5.28. The molecular formula is C24H19BrO. The van der Waals surface area contributed by atoms with Gasteiger partial charge in [0.25, 0.3) is 0 Å². The van der Waals surface area contributed by atoms with E-state index in [9.17, 15) is 0 Å². The number of benzene rings is 4. The van der Waals surface area contributed by atoms with Gasteiger partial charge in [-0.2, -0.15) is 0 Å². The van der Waals surface area contributed by atoms with Crippen LogP contribution in [-0.4, -0.2) is 7.11 Å². The van der Waals surface area contributed by atoms with Crippen LogP contribution in [0.3, 0.4) is 0 Å². The Kier molecular flexibility index (Phi) is 4.77. The standard InChI is InChI=1S/C24H19BrO/c1-26-20-14-12-19(13-15-20)22-5-3-6-23-21(4-2-7-24(22)23)18-10-8-17(16-25)9-11-18/h2-15H,16H2,1H3. The van der Waals surface area contributed by atoms with Crippen molar-refractivity contribution < 1.29 is 4.74 Å². The van der Waals surface area contributed by atoms with Crippen LogP contribution in [0.25, 0.3) is 33.0 Å². The lowest BCUT2D eigenvalue weighted by molar-refractivity contribution is 0.415. The van der Waals surface area contributed by atoms with Crippen molar-refractivity contribution in [3.05, 3.63) is 90.5 Å². The fourth-order valence-electron chi connectivity index (χ4n) is 3.36. The molecule has 128 valence electrons. The zero-order chi connectivity index (χ0) is 17.9. The minimum Gasteiger partial charge on any atom is -0.497 e. The Morgan fingerprint density at radius 3 is 1.62 bits per heavy atom. The molecule has 1 nitrogen and oxygen atoms in total. The topological polar surface area (TPSA) is 9.23 Å². The predicted molar refractivity (Wildman–Crippen MR) is 114 cm³/mol. The zero-order valence-corrected chi connectivity index (χ0v) is 16.2. The summed E-state index contributed by atoms with van der Waals surface area (Å²) in [4.78, 5) is 0. The SMILES string of the molecule is COc1ccc(-c2cccc3c(-c4ccc(CBr)cc4)cccc23)cc1. The number of halogens is 1. The molecule has 4 aromatic rings. The molecule has 0 N–H and O–H groups in total. The van der Waals surface area contributed by atoms with Crippen LogP contribution in [0, 0.1) is 0 Å². The van der Waals surface area contributed by atoms with E-state index in [0.29, 0.717) is 0 Å². The highest BCUT2D eigenvalue weighted by molar-refractivity contribution is 9.08. The van der Waals surface area contributed by atoms with Crippen molar-refractivity contribution >= 4 is 26.7 Å². The van der Waals surface area contributed by atoms with Crippen molar-refractivity contribution in [3.63, 3.8) is 0 Å². The highest BCUT2D eigenvalue weighted by Gasteiger charge is 2.08. The van der Waals surface area contributed by atoms with E-state index in [1.54, 1.807) is 7.11 Å². The van der Waals surface area contributed by atoms with Crippen LogP contribution in [0.15, 0.2) is 84.9 Å². The lowest BCUT2D eigenvalue weighted by Gasteiger charge is -2.12. The number of rotatable bonds is 4. The summed E-state index contributed by atoms with van der Waals surface area (Å²) in [6.45, 7) is 0. The van der Waals surface area contributed by atoms with E-state index in [-0.39, 0.29) is 0 Å². The molecule has 4 aromatic carbocycles. The first-order valence-electron chi connectivity index (χ1n) is 8.61. The second-order valence-corrected chi connectivity index (χ2v) is 6.83. The molecule has 0 heterocycles. The van der Waals surface area contributed by atoms with Gasteiger partial charge in [-0.25, -0.2) is 0 Å². The minimum absolute atomic E-state index is 0.876. The number of alkyl halides is 1. The molecule has 4 rings (SSSR count). The van der Waals surface area contributed by atoms with E-state index in [4.69, 9.17) is 4.74 Å². The smallest absolute Gasteiger partial charge is 0.118 e. The van der Waals surface area contributed by atoms with Crippen molar-refractivity contribution in [2.75, 3.05) is 7.11 Å². The Morgan fingerprint density at radius 1 is 0.654 bits per heavy atom. The van der Waals surface area contributed by atoms with Crippen LogP contribution in [0.4, 0.5) is 0 Å².